The van der Waals surface area contributed by atoms with Crippen molar-refractivity contribution in [1.82, 2.24) is 19.9 Å². The summed E-state index contributed by atoms with van der Waals surface area (Å²) >= 11 is 3.49. The molecule has 5 rings (SSSR count). The van der Waals surface area contributed by atoms with Crippen molar-refractivity contribution in [2.24, 2.45) is 7.05 Å². The van der Waals surface area contributed by atoms with Gasteiger partial charge in [0.15, 0.2) is 0 Å². The van der Waals surface area contributed by atoms with Gasteiger partial charge in [-0.05, 0) is 53.9 Å². The fraction of sp³-hybridized carbons (Fsp3) is 0.143. The van der Waals surface area contributed by atoms with Crippen LogP contribution in [-0.2, 0) is 13.5 Å². The predicted molar refractivity (Wildman–Crippen MR) is 142 cm³/mol. The third kappa shape index (κ3) is 4.86. The summed E-state index contributed by atoms with van der Waals surface area (Å²) in [4.78, 5) is 21.3. The van der Waals surface area contributed by atoms with E-state index in [-0.39, 0.29) is 11.9 Å². The molecule has 0 saturated carbocycles. The molecule has 1 atom stereocenters. The Morgan fingerprint density at radius 2 is 1.83 bits per heavy atom. The lowest BCUT2D eigenvalue weighted by atomic mass is 10.0. The van der Waals surface area contributed by atoms with Crippen LogP contribution in [0, 0.1) is 0 Å². The van der Waals surface area contributed by atoms with E-state index in [0.717, 1.165) is 43.8 Å². The van der Waals surface area contributed by atoms with Gasteiger partial charge in [-0.25, -0.2) is 4.98 Å². The SMILES string of the molecule is COc1ccc(C[C@H](NC(=O)c2cc3ccccc3[nH]2)c2ncc(-c3ccc(Br)cc3)n2C)cc1. The van der Waals surface area contributed by atoms with Crippen LogP contribution in [0.15, 0.2) is 89.5 Å². The molecule has 2 heterocycles. The van der Waals surface area contributed by atoms with Crippen LogP contribution in [-0.4, -0.2) is 27.6 Å². The zero-order chi connectivity index (χ0) is 24.4. The van der Waals surface area contributed by atoms with Gasteiger partial charge in [-0.2, -0.15) is 0 Å². The van der Waals surface area contributed by atoms with Gasteiger partial charge < -0.3 is 19.6 Å². The highest BCUT2D eigenvalue weighted by molar-refractivity contribution is 9.10. The van der Waals surface area contributed by atoms with Crippen molar-refractivity contribution in [2.75, 3.05) is 7.11 Å². The second-order valence-electron chi connectivity index (χ2n) is 8.42. The molecular weight excluding hydrogens is 504 g/mol. The molecule has 0 aliphatic rings. The minimum absolute atomic E-state index is 0.173. The average molecular weight is 529 g/mol. The molecule has 1 amide bonds. The van der Waals surface area contributed by atoms with Gasteiger partial charge in [0.1, 0.15) is 17.3 Å². The average Bonchev–Trinajstić information content (AvgIpc) is 3.48. The number of H-pyrrole nitrogens is 1. The molecule has 176 valence electrons. The smallest absolute Gasteiger partial charge is 0.268 e. The van der Waals surface area contributed by atoms with Gasteiger partial charge in [0, 0.05) is 22.4 Å². The fourth-order valence-corrected chi connectivity index (χ4v) is 4.54. The van der Waals surface area contributed by atoms with Crippen molar-refractivity contribution >= 4 is 32.7 Å². The van der Waals surface area contributed by atoms with E-state index in [4.69, 9.17) is 9.72 Å². The summed E-state index contributed by atoms with van der Waals surface area (Å²) in [5, 5.41) is 4.21. The van der Waals surface area contributed by atoms with Crippen LogP contribution in [0.1, 0.15) is 27.9 Å². The molecule has 0 aliphatic heterocycles. The first-order valence-corrected chi connectivity index (χ1v) is 12.1. The molecule has 0 aliphatic carbocycles. The number of halogens is 1. The maximum absolute atomic E-state index is 13.3. The van der Waals surface area contributed by atoms with Gasteiger partial charge in [-0.3, -0.25) is 4.79 Å². The highest BCUT2D eigenvalue weighted by Gasteiger charge is 2.23. The Kier molecular flexibility index (Phi) is 6.42. The topological polar surface area (TPSA) is 71.9 Å². The molecule has 0 spiro atoms. The lowest BCUT2D eigenvalue weighted by Crippen LogP contribution is -2.32. The Labute approximate surface area is 212 Å². The number of aromatic amines is 1. The summed E-state index contributed by atoms with van der Waals surface area (Å²) in [6.45, 7) is 0. The van der Waals surface area contributed by atoms with Gasteiger partial charge in [0.05, 0.1) is 25.0 Å². The molecule has 5 aromatic rings. The minimum atomic E-state index is -0.337. The van der Waals surface area contributed by atoms with Crippen LogP contribution in [0.2, 0.25) is 0 Å². The van der Waals surface area contributed by atoms with Gasteiger partial charge in [0.25, 0.3) is 5.91 Å². The van der Waals surface area contributed by atoms with E-state index >= 15 is 0 Å². The van der Waals surface area contributed by atoms with E-state index in [1.54, 1.807) is 7.11 Å². The number of amides is 1. The zero-order valence-electron chi connectivity index (χ0n) is 19.5. The molecule has 3 aromatic carbocycles. The Morgan fingerprint density at radius 1 is 1.09 bits per heavy atom. The summed E-state index contributed by atoms with van der Waals surface area (Å²) < 4.78 is 8.36. The molecular formula is C28H25BrN4O2. The number of para-hydroxylation sites is 1. The molecule has 6 nitrogen and oxygen atoms in total. The Bertz CT molecular complexity index is 1440. The maximum Gasteiger partial charge on any atom is 0.268 e. The largest absolute Gasteiger partial charge is 0.497 e. The summed E-state index contributed by atoms with van der Waals surface area (Å²) in [6.07, 6.45) is 2.44. The third-order valence-electron chi connectivity index (χ3n) is 6.15. The fourth-order valence-electron chi connectivity index (χ4n) is 4.27. The second kappa shape index (κ2) is 9.80. The van der Waals surface area contributed by atoms with Crippen LogP contribution in [0.4, 0.5) is 0 Å². The van der Waals surface area contributed by atoms with Gasteiger partial charge >= 0.3 is 0 Å². The number of hydrogen-bond donors (Lipinski definition) is 2. The first-order valence-electron chi connectivity index (χ1n) is 11.3. The number of carbonyl (C=O) groups is 1. The molecule has 0 bridgehead atoms. The van der Waals surface area contributed by atoms with Crippen molar-refractivity contribution in [3.05, 3.63) is 107 Å². The summed E-state index contributed by atoms with van der Waals surface area (Å²) in [7, 11) is 3.63. The van der Waals surface area contributed by atoms with Crippen LogP contribution >= 0.6 is 15.9 Å². The van der Waals surface area contributed by atoms with Crippen molar-refractivity contribution in [3.63, 3.8) is 0 Å². The minimum Gasteiger partial charge on any atom is -0.497 e. The molecule has 2 aromatic heterocycles. The van der Waals surface area contributed by atoms with E-state index in [0.29, 0.717) is 12.1 Å². The Morgan fingerprint density at radius 3 is 2.54 bits per heavy atom. The van der Waals surface area contributed by atoms with E-state index in [1.807, 2.05) is 96.7 Å². The summed E-state index contributed by atoms with van der Waals surface area (Å²) in [6, 6.07) is 25.4. The predicted octanol–water partition coefficient (Wildman–Crippen LogP) is 6.05. The van der Waals surface area contributed by atoms with Crippen LogP contribution in [0.5, 0.6) is 5.75 Å². The van der Waals surface area contributed by atoms with Crippen molar-refractivity contribution < 1.29 is 9.53 Å². The van der Waals surface area contributed by atoms with Crippen molar-refractivity contribution in [3.8, 4) is 17.0 Å². The lowest BCUT2D eigenvalue weighted by Gasteiger charge is -2.19. The maximum atomic E-state index is 13.3. The number of benzene rings is 3. The normalized spacial score (nSPS) is 12.0. The second-order valence-corrected chi connectivity index (χ2v) is 9.33. The number of methoxy groups -OCH3 is 1. The van der Waals surface area contributed by atoms with Crippen molar-refractivity contribution in [2.45, 2.75) is 12.5 Å². The first-order chi connectivity index (χ1) is 17.0. The molecule has 35 heavy (non-hydrogen) atoms. The summed E-state index contributed by atoms with van der Waals surface area (Å²) in [5.74, 6) is 1.40. The van der Waals surface area contributed by atoms with Crippen LogP contribution in [0.25, 0.3) is 22.2 Å². The Balaban J connectivity index is 1.48. The summed E-state index contributed by atoms with van der Waals surface area (Å²) in [5.41, 5.74) is 4.56. The standard InChI is InChI=1S/C28H25BrN4O2/c1-33-26(19-9-11-21(29)12-10-19)17-30-27(33)24(15-18-7-13-22(35-2)14-8-18)32-28(34)25-16-20-5-3-4-6-23(20)31-25/h3-14,16-17,24,31H,15H2,1-2H3,(H,32,34)/t24-/m0/s1. The monoisotopic (exact) mass is 528 g/mol. The highest BCUT2D eigenvalue weighted by atomic mass is 79.9. The van der Waals surface area contributed by atoms with Gasteiger partial charge in [-0.1, -0.05) is 58.4 Å². The van der Waals surface area contributed by atoms with Crippen LogP contribution < -0.4 is 10.1 Å². The number of fused-ring (bicyclic) bond motifs is 1. The highest BCUT2D eigenvalue weighted by Crippen LogP contribution is 2.27. The number of nitrogens with zero attached hydrogens (tertiary/aromatic N) is 2. The quantitative estimate of drug-likeness (QED) is 0.270. The number of rotatable bonds is 7. The molecule has 0 unspecified atom stereocenters. The molecule has 0 radical (unpaired) electrons. The third-order valence-corrected chi connectivity index (χ3v) is 6.68. The van der Waals surface area contributed by atoms with Crippen molar-refractivity contribution in [1.29, 1.82) is 0 Å². The van der Waals surface area contributed by atoms with Crippen LogP contribution in [0.3, 0.4) is 0 Å². The molecule has 7 heteroatoms. The number of carbonyl (C=O) groups excluding carboxylic acids is 1. The lowest BCUT2D eigenvalue weighted by molar-refractivity contribution is 0.0930. The number of ether oxygens (including phenoxy) is 1. The zero-order valence-corrected chi connectivity index (χ0v) is 21.0. The van der Waals surface area contributed by atoms with E-state index in [2.05, 4.69) is 26.2 Å². The Hall–Kier alpha value is -3.84. The number of hydrogen-bond acceptors (Lipinski definition) is 3. The van der Waals surface area contributed by atoms with E-state index < -0.39 is 0 Å². The van der Waals surface area contributed by atoms with E-state index in [1.165, 1.54) is 0 Å². The molecule has 2 N–H and O–H groups in total. The molecule has 0 saturated heterocycles. The van der Waals surface area contributed by atoms with E-state index in [9.17, 15) is 4.79 Å². The molecule has 0 fully saturated rings. The number of aromatic nitrogens is 3. The van der Waals surface area contributed by atoms with Gasteiger partial charge in [0.2, 0.25) is 0 Å². The number of imidazole rings is 1. The first kappa shape index (κ1) is 22.9. The van der Waals surface area contributed by atoms with Gasteiger partial charge in [-0.15, -0.1) is 0 Å². The number of nitrogens with one attached hydrogen (secondary N) is 2.